The Morgan fingerprint density at radius 2 is 1.86 bits per heavy atom. The molecule has 0 unspecified atom stereocenters. The van der Waals surface area contributed by atoms with E-state index in [0.29, 0.717) is 43.0 Å². The topological polar surface area (TPSA) is 71.0 Å². The Hall–Kier alpha value is -3.63. The van der Waals surface area contributed by atoms with Crippen molar-refractivity contribution in [1.29, 1.82) is 0 Å². The highest BCUT2D eigenvalue weighted by molar-refractivity contribution is 5.78. The van der Waals surface area contributed by atoms with Crippen molar-refractivity contribution in [3.63, 3.8) is 0 Å². The summed E-state index contributed by atoms with van der Waals surface area (Å²) >= 11 is 0. The number of halogens is 5. The van der Waals surface area contributed by atoms with E-state index in [-0.39, 0.29) is 30.1 Å². The molecule has 1 aliphatic heterocycles. The number of hydrogen-bond donors (Lipinski definition) is 1. The highest BCUT2D eigenvalue weighted by Crippen LogP contribution is 2.31. The Morgan fingerprint density at radius 3 is 2.58 bits per heavy atom. The highest BCUT2D eigenvalue weighted by atomic mass is 19.4. The van der Waals surface area contributed by atoms with Gasteiger partial charge < -0.3 is 10.2 Å². The van der Waals surface area contributed by atoms with Crippen molar-refractivity contribution in [1.82, 2.24) is 19.9 Å². The van der Waals surface area contributed by atoms with E-state index in [1.165, 1.54) is 12.3 Å². The third-order valence-corrected chi connectivity index (χ3v) is 5.85. The Balaban J connectivity index is 1.53. The smallest absolute Gasteiger partial charge is 0.370 e. The first kappa shape index (κ1) is 25.5. The number of likely N-dealkylation sites (tertiary alicyclic amines) is 1. The highest BCUT2D eigenvalue weighted by Gasteiger charge is 2.31. The number of rotatable bonds is 9. The predicted molar refractivity (Wildman–Crippen MR) is 123 cm³/mol. The maximum atomic E-state index is 14.1. The van der Waals surface area contributed by atoms with E-state index in [9.17, 15) is 26.7 Å². The lowest BCUT2D eigenvalue weighted by atomic mass is 10.1. The number of anilines is 1. The van der Waals surface area contributed by atoms with Gasteiger partial charge in [-0.3, -0.25) is 9.78 Å². The number of carbonyl (C=O) groups is 1. The minimum atomic E-state index is -4.57. The van der Waals surface area contributed by atoms with Crippen LogP contribution in [0.2, 0.25) is 0 Å². The molecule has 0 aliphatic carbocycles. The van der Waals surface area contributed by atoms with Crippen molar-refractivity contribution >= 4 is 11.7 Å². The molecule has 2 aromatic heterocycles. The average molecular weight is 505 g/mol. The molecule has 0 bridgehead atoms. The zero-order valence-electron chi connectivity index (χ0n) is 19.3. The summed E-state index contributed by atoms with van der Waals surface area (Å²) in [5, 5.41) is 3.14. The van der Waals surface area contributed by atoms with Gasteiger partial charge in [-0.15, -0.1) is 0 Å². The first-order valence-corrected chi connectivity index (χ1v) is 11.6. The fraction of sp³-hybridized carbons (Fsp3) is 0.360. The molecule has 1 N–H and O–H groups in total. The van der Waals surface area contributed by atoms with Gasteiger partial charge in [0, 0.05) is 61.8 Å². The molecule has 0 atom stereocenters. The fourth-order valence-electron chi connectivity index (χ4n) is 3.98. The number of carbonyl (C=O) groups excluding carboxylic acids is 1. The first-order chi connectivity index (χ1) is 17.2. The second-order valence-corrected chi connectivity index (χ2v) is 8.53. The van der Waals surface area contributed by atoms with Crippen LogP contribution < -0.4 is 5.32 Å². The number of pyridine rings is 1. The summed E-state index contributed by atoms with van der Waals surface area (Å²) in [5.41, 5.74) is -0.0713. The summed E-state index contributed by atoms with van der Waals surface area (Å²) in [5.74, 6) is -0.796. The molecule has 1 aliphatic rings. The zero-order chi connectivity index (χ0) is 25.7. The number of nitrogens with zero attached hydrogens (tertiary/aromatic N) is 4. The summed E-state index contributed by atoms with van der Waals surface area (Å²) in [4.78, 5) is 26.0. The monoisotopic (exact) mass is 505 g/mol. The molecule has 1 amide bonds. The molecule has 11 heteroatoms. The number of alkyl halides is 3. The van der Waals surface area contributed by atoms with Crippen LogP contribution in [0.5, 0.6) is 0 Å². The second kappa shape index (κ2) is 11.0. The van der Waals surface area contributed by atoms with Crippen molar-refractivity contribution < 1.29 is 26.7 Å². The van der Waals surface area contributed by atoms with E-state index in [1.54, 1.807) is 11.0 Å². The van der Waals surface area contributed by atoms with Crippen LogP contribution in [0.4, 0.5) is 27.8 Å². The largest absolute Gasteiger partial charge is 0.417 e. The SMILES string of the molecule is O=C1CCCN1CCCNc1cc(CCc2ccc(F)cc2F)nc(-c2cncc(C(F)(F)F)c2)n1. The van der Waals surface area contributed by atoms with Crippen molar-refractivity contribution in [3.05, 3.63) is 71.2 Å². The molecule has 0 spiro atoms. The van der Waals surface area contributed by atoms with Gasteiger partial charge in [0.05, 0.1) is 5.56 Å². The minimum Gasteiger partial charge on any atom is -0.370 e. The van der Waals surface area contributed by atoms with Crippen LogP contribution >= 0.6 is 0 Å². The number of aryl methyl sites for hydroxylation is 2. The average Bonchev–Trinajstić information content (AvgIpc) is 3.25. The van der Waals surface area contributed by atoms with Gasteiger partial charge in [0.2, 0.25) is 5.91 Å². The van der Waals surface area contributed by atoms with Crippen molar-refractivity contribution in [2.75, 3.05) is 25.0 Å². The first-order valence-electron chi connectivity index (χ1n) is 11.6. The lowest BCUT2D eigenvalue weighted by Gasteiger charge is -2.16. The van der Waals surface area contributed by atoms with Crippen molar-refractivity contribution in [2.45, 2.75) is 38.3 Å². The molecule has 190 valence electrons. The summed E-state index contributed by atoms with van der Waals surface area (Å²) < 4.78 is 66.9. The van der Waals surface area contributed by atoms with Crippen LogP contribution in [0.3, 0.4) is 0 Å². The lowest BCUT2D eigenvalue weighted by molar-refractivity contribution is -0.137. The molecular formula is C25H24F5N5O. The van der Waals surface area contributed by atoms with Gasteiger partial charge in [-0.05, 0) is 43.4 Å². The molecule has 4 rings (SSSR count). The summed E-state index contributed by atoms with van der Waals surface area (Å²) in [6, 6.07) is 5.88. The van der Waals surface area contributed by atoms with E-state index < -0.39 is 23.4 Å². The van der Waals surface area contributed by atoms with Gasteiger partial charge in [0.25, 0.3) is 0 Å². The van der Waals surface area contributed by atoms with E-state index in [2.05, 4.69) is 20.3 Å². The Morgan fingerprint density at radius 1 is 1.03 bits per heavy atom. The standard InChI is InChI=1S/C25H24F5N5O/c26-19-6-4-16(21(27)12-19)5-7-20-13-22(32-8-2-10-35-9-1-3-23(35)36)34-24(33-20)17-11-18(15-31-14-17)25(28,29)30/h4,6,11-15H,1-3,5,7-10H2,(H,32,33,34). The van der Waals surface area contributed by atoms with Gasteiger partial charge in [-0.1, -0.05) is 6.07 Å². The van der Waals surface area contributed by atoms with E-state index in [1.807, 2.05) is 0 Å². The molecule has 36 heavy (non-hydrogen) atoms. The molecule has 3 aromatic rings. The van der Waals surface area contributed by atoms with Gasteiger partial charge >= 0.3 is 6.18 Å². The van der Waals surface area contributed by atoms with Crippen LogP contribution in [0.25, 0.3) is 11.4 Å². The maximum Gasteiger partial charge on any atom is 0.417 e. The molecule has 0 saturated carbocycles. The number of amides is 1. The molecule has 6 nitrogen and oxygen atoms in total. The second-order valence-electron chi connectivity index (χ2n) is 8.53. The Bertz CT molecular complexity index is 1230. The van der Waals surface area contributed by atoms with Gasteiger partial charge in [0.1, 0.15) is 17.5 Å². The minimum absolute atomic E-state index is 0.0444. The van der Waals surface area contributed by atoms with Crippen LogP contribution in [-0.4, -0.2) is 45.4 Å². The van der Waals surface area contributed by atoms with Gasteiger partial charge in [0.15, 0.2) is 5.82 Å². The van der Waals surface area contributed by atoms with Gasteiger partial charge in [-0.2, -0.15) is 13.2 Å². The summed E-state index contributed by atoms with van der Waals surface area (Å²) in [7, 11) is 0. The van der Waals surface area contributed by atoms with Crippen LogP contribution in [-0.2, 0) is 23.8 Å². The molecular weight excluding hydrogens is 481 g/mol. The van der Waals surface area contributed by atoms with E-state index >= 15 is 0 Å². The number of aromatic nitrogens is 3. The third kappa shape index (κ3) is 6.52. The molecule has 1 aromatic carbocycles. The predicted octanol–water partition coefficient (Wildman–Crippen LogP) is 5.05. The number of nitrogens with one attached hydrogen (secondary N) is 1. The molecule has 1 saturated heterocycles. The summed E-state index contributed by atoms with van der Waals surface area (Å²) in [6.07, 6.45) is -0.0704. The van der Waals surface area contributed by atoms with E-state index in [4.69, 9.17) is 0 Å². The van der Waals surface area contributed by atoms with Crippen LogP contribution in [0, 0.1) is 11.6 Å². The Kier molecular flexibility index (Phi) is 7.76. The van der Waals surface area contributed by atoms with Gasteiger partial charge in [-0.25, -0.2) is 18.7 Å². The van der Waals surface area contributed by atoms with Crippen LogP contribution in [0.1, 0.15) is 36.1 Å². The molecule has 3 heterocycles. The quantitative estimate of drug-likeness (QED) is 0.326. The van der Waals surface area contributed by atoms with Crippen LogP contribution in [0.15, 0.2) is 42.7 Å². The Labute approximate surface area is 204 Å². The zero-order valence-corrected chi connectivity index (χ0v) is 19.3. The van der Waals surface area contributed by atoms with Crippen molar-refractivity contribution in [3.8, 4) is 11.4 Å². The molecule has 0 radical (unpaired) electrons. The summed E-state index contributed by atoms with van der Waals surface area (Å²) in [6.45, 7) is 1.81. The number of hydrogen-bond acceptors (Lipinski definition) is 5. The third-order valence-electron chi connectivity index (χ3n) is 5.85. The fourth-order valence-corrected chi connectivity index (χ4v) is 3.98. The number of benzene rings is 1. The molecule has 1 fully saturated rings. The van der Waals surface area contributed by atoms with Crippen molar-refractivity contribution in [2.24, 2.45) is 0 Å². The maximum absolute atomic E-state index is 14.1. The van der Waals surface area contributed by atoms with E-state index in [0.717, 1.165) is 37.4 Å². The lowest BCUT2D eigenvalue weighted by Crippen LogP contribution is -2.27. The normalized spacial score (nSPS) is 13.9.